The molecule has 7 nitrogen and oxygen atoms in total. The Balaban J connectivity index is 1.31. The quantitative estimate of drug-likeness (QED) is 0.315. The van der Waals surface area contributed by atoms with Crippen LogP contribution in [0.3, 0.4) is 0 Å². The lowest BCUT2D eigenvalue weighted by molar-refractivity contribution is 0.0765. The van der Waals surface area contributed by atoms with Crippen LogP contribution in [0.15, 0.2) is 72.9 Å². The van der Waals surface area contributed by atoms with Gasteiger partial charge in [0.05, 0.1) is 40.1 Å². The lowest BCUT2D eigenvalue weighted by Gasteiger charge is -2.25. The molecule has 1 saturated carbocycles. The van der Waals surface area contributed by atoms with Crippen molar-refractivity contribution < 1.29 is 9.90 Å². The normalized spacial score (nSPS) is 18.3. The minimum absolute atomic E-state index is 0.0441. The van der Waals surface area contributed by atoms with Gasteiger partial charge in [0.1, 0.15) is 5.82 Å². The fourth-order valence-electron chi connectivity index (χ4n) is 6.15. The highest BCUT2D eigenvalue weighted by Gasteiger charge is 2.27. The molecule has 39 heavy (non-hydrogen) atoms. The van der Waals surface area contributed by atoms with Gasteiger partial charge in [0, 0.05) is 35.8 Å². The molecule has 2 fully saturated rings. The van der Waals surface area contributed by atoms with E-state index in [0.29, 0.717) is 31.1 Å². The van der Waals surface area contributed by atoms with Crippen molar-refractivity contribution >= 4 is 28.0 Å². The standard InChI is InChI=1S/C32H31N5O2/c38-25-15-16-36(20-25)32(39)23-12-14-30-28(18-23)35-31(37(30)24-9-5-2-6-10-24)22-11-13-26-27(17-22)33-19-29(34-26)21-7-3-1-4-8-21/h1,3-4,7-8,11-14,17-19,24-25,38H,2,5-6,9-10,15-16,20H2. The number of carbonyl (C=O) groups excluding carboxylic acids is 1. The van der Waals surface area contributed by atoms with Gasteiger partial charge in [-0.3, -0.25) is 9.78 Å². The Bertz CT molecular complexity index is 1670. The highest BCUT2D eigenvalue weighted by molar-refractivity contribution is 5.98. The molecular formula is C32H31N5O2. The van der Waals surface area contributed by atoms with E-state index < -0.39 is 6.10 Å². The maximum Gasteiger partial charge on any atom is 0.254 e. The summed E-state index contributed by atoms with van der Waals surface area (Å²) in [6, 6.07) is 22.5. The number of hydrogen-bond acceptors (Lipinski definition) is 5. The molecular weight excluding hydrogens is 486 g/mol. The fraction of sp³-hybridized carbons (Fsp3) is 0.312. The van der Waals surface area contributed by atoms with Crippen LogP contribution in [0.4, 0.5) is 0 Å². The summed E-state index contributed by atoms with van der Waals surface area (Å²) in [6.45, 7) is 0.979. The second kappa shape index (κ2) is 9.89. The van der Waals surface area contributed by atoms with Crippen LogP contribution in [0, 0.1) is 0 Å². The van der Waals surface area contributed by atoms with Crippen molar-refractivity contribution in [1.29, 1.82) is 0 Å². The zero-order valence-electron chi connectivity index (χ0n) is 21.8. The van der Waals surface area contributed by atoms with Gasteiger partial charge in [0.2, 0.25) is 0 Å². The number of likely N-dealkylation sites (tertiary alicyclic amines) is 1. The molecule has 196 valence electrons. The van der Waals surface area contributed by atoms with E-state index in [9.17, 15) is 9.90 Å². The van der Waals surface area contributed by atoms with E-state index in [-0.39, 0.29) is 5.91 Å². The number of fused-ring (bicyclic) bond motifs is 2. The summed E-state index contributed by atoms with van der Waals surface area (Å²) < 4.78 is 2.38. The first-order chi connectivity index (χ1) is 19.1. The summed E-state index contributed by atoms with van der Waals surface area (Å²) in [5, 5.41) is 9.91. The average molecular weight is 518 g/mol. The Morgan fingerprint density at radius 1 is 0.821 bits per heavy atom. The minimum atomic E-state index is -0.436. The summed E-state index contributed by atoms with van der Waals surface area (Å²) in [5.74, 6) is 0.867. The van der Waals surface area contributed by atoms with Crippen LogP contribution in [0.5, 0.6) is 0 Å². The highest BCUT2D eigenvalue weighted by Crippen LogP contribution is 2.37. The molecule has 0 spiro atoms. The van der Waals surface area contributed by atoms with E-state index in [2.05, 4.69) is 16.7 Å². The van der Waals surface area contributed by atoms with Gasteiger partial charge < -0.3 is 14.6 Å². The third kappa shape index (κ3) is 4.46. The number of β-amino-alcohol motifs (C(OH)–C–C–N with tert-alkyl or cyclic N) is 1. The van der Waals surface area contributed by atoms with Gasteiger partial charge in [-0.15, -0.1) is 0 Å². The second-order valence-electron chi connectivity index (χ2n) is 10.8. The molecule has 1 aliphatic heterocycles. The SMILES string of the molecule is O=C(c1ccc2c(c1)nc(-c1ccc3nc(-c4ccccc4)cnc3c1)n2C1CCCCC1)N1CCC(O)C1. The number of amides is 1. The fourth-order valence-corrected chi connectivity index (χ4v) is 6.15. The third-order valence-electron chi connectivity index (χ3n) is 8.20. The van der Waals surface area contributed by atoms with Crippen molar-refractivity contribution in [2.75, 3.05) is 13.1 Å². The number of imidazole rings is 1. The molecule has 7 heteroatoms. The molecule has 3 heterocycles. The minimum Gasteiger partial charge on any atom is -0.391 e. The molecule has 5 aromatic rings. The number of carbonyl (C=O) groups is 1. The smallest absolute Gasteiger partial charge is 0.254 e. The van der Waals surface area contributed by atoms with Crippen molar-refractivity contribution in [2.45, 2.75) is 50.7 Å². The maximum atomic E-state index is 13.1. The van der Waals surface area contributed by atoms with E-state index in [1.54, 1.807) is 4.90 Å². The predicted octanol–water partition coefficient (Wildman–Crippen LogP) is 6.03. The Hall–Kier alpha value is -4.10. The summed E-state index contributed by atoms with van der Waals surface area (Å²) in [6.07, 6.45) is 7.97. The number of aromatic nitrogens is 4. The number of benzene rings is 3. The molecule has 1 amide bonds. The van der Waals surface area contributed by atoms with Crippen molar-refractivity contribution in [3.63, 3.8) is 0 Å². The number of rotatable bonds is 4. The second-order valence-corrected chi connectivity index (χ2v) is 10.8. The zero-order chi connectivity index (χ0) is 26.3. The van der Waals surface area contributed by atoms with Gasteiger partial charge in [-0.25, -0.2) is 9.97 Å². The first-order valence-electron chi connectivity index (χ1n) is 14.0. The van der Waals surface area contributed by atoms with Crippen LogP contribution < -0.4 is 0 Å². The molecule has 0 bridgehead atoms. The molecule has 1 aliphatic carbocycles. The van der Waals surface area contributed by atoms with Crippen molar-refractivity contribution in [3.8, 4) is 22.6 Å². The monoisotopic (exact) mass is 517 g/mol. The Labute approximate surface area is 227 Å². The first kappa shape index (κ1) is 24.0. The van der Waals surface area contributed by atoms with Crippen LogP contribution in [0.2, 0.25) is 0 Å². The summed E-state index contributed by atoms with van der Waals surface area (Å²) in [5.41, 5.74) is 7.08. The van der Waals surface area contributed by atoms with Crippen LogP contribution in [-0.4, -0.2) is 54.6 Å². The first-order valence-corrected chi connectivity index (χ1v) is 14.0. The Kier molecular flexibility index (Phi) is 6.08. The zero-order valence-corrected chi connectivity index (χ0v) is 21.8. The number of hydrogen-bond donors (Lipinski definition) is 1. The summed E-state index contributed by atoms with van der Waals surface area (Å²) in [7, 11) is 0. The van der Waals surface area contributed by atoms with E-state index in [1.807, 2.05) is 60.8 Å². The number of nitrogens with zero attached hydrogens (tertiary/aromatic N) is 5. The Morgan fingerprint density at radius 2 is 1.67 bits per heavy atom. The number of aliphatic hydroxyl groups excluding tert-OH is 1. The summed E-state index contributed by atoms with van der Waals surface area (Å²) in [4.78, 5) is 29.6. The molecule has 1 atom stereocenters. The maximum absolute atomic E-state index is 13.1. The largest absolute Gasteiger partial charge is 0.391 e. The van der Waals surface area contributed by atoms with Crippen molar-refractivity contribution in [3.05, 3.63) is 78.5 Å². The van der Waals surface area contributed by atoms with E-state index in [0.717, 1.165) is 57.6 Å². The molecule has 1 saturated heterocycles. The molecule has 2 aromatic heterocycles. The van der Waals surface area contributed by atoms with E-state index >= 15 is 0 Å². The molecule has 2 aliphatic rings. The van der Waals surface area contributed by atoms with Crippen LogP contribution in [0.25, 0.3) is 44.7 Å². The van der Waals surface area contributed by atoms with E-state index in [4.69, 9.17) is 15.0 Å². The van der Waals surface area contributed by atoms with Crippen LogP contribution >= 0.6 is 0 Å². The third-order valence-corrected chi connectivity index (χ3v) is 8.20. The van der Waals surface area contributed by atoms with E-state index in [1.165, 1.54) is 19.3 Å². The van der Waals surface area contributed by atoms with Crippen molar-refractivity contribution in [1.82, 2.24) is 24.4 Å². The van der Waals surface area contributed by atoms with Gasteiger partial charge in [-0.05, 0) is 55.7 Å². The Morgan fingerprint density at radius 3 is 2.46 bits per heavy atom. The van der Waals surface area contributed by atoms with Gasteiger partial charge in [0.15, 0.2) is 0 Å². The lowest BCUT2D eigenvalue weighted by Crippen LogP contribution is -2.29. The highest BCUT2D eigenvalue weighted by atomic mass is 16.3. The topological polar surface area (TPSA) is 84.1 Å². The van der Waals surface area contributed by atoms with Gasteiger partial charge in [-0.2, -0.15) is 0 Å². The van der Waals surface area contributed by atoms with Gasteiger partial charge >= 0.3 is 0 Å². The molecule has 7 rings (SSSR count). The van der Waals surface area contributed by atoms with Gasteiger partial charge in [0.25, 0.3) is 5.91 Å². The average Bonchev–Trinajstić information content (AvgIpc) is 3.60. The summed E-state index contributed by atoms with van der Waals surface area (Å²) >= 11 is 0. The molecule has 1 N–H and O–H groups in total. The van der Waals surface area contributed by atoms with Crippen LogP contribution in [0.1, 0.15) is 54.9 Å². The lowest BCUT2D eigenvalue weighted by atomic mass is 9.94. The number of aliphatic hydroxyl groups is 1. The van der Waals surface area contributed by atoms with Crippen LogP contribution in [-0.2, 0) is 0 Å². The molecule has 1 unspecified atom stereocenters. The van der Waals surface area contributed by atoms with Gasteiger partial charge in [-0.1, -0.05) is 49.6 Å². The molecule has 3 aromatic carbocycles. The predicted molar refractivity (Wildman–Crippen MR) is 152 cm³/mol. The van der Waals surface area contributed by atoms with Crippen molar-refractivity contribution in [2.24, 2.45) is 0 Å². The molecule has 0 radical (unpaired) electrons.